The van der Waals surface area contributed by atoms with Gasteiger partial charge in [0.1, 0.15) is 6.17 Å². The molecular weight excluding hydrogens is 304 g/mol. The van der Waals surface area contributed by atoms with Gasteiger partial charge in [-0.1, -0.05) is 58.3 Å². The van der Waals surface area contributed by atoms with Crippen LogP contribution < -0.4 is 11.5 Å². The van der Waals surface area contributed by atoms with E-state index in [4.69, 9.17) is 32.8 Å². The molecule has 0 aromatic rings. The first-order chi connectivity index (χ1) is 11.5. The molecule has 0 bridgehead atoms. The van der Waals surface area contributed by atoms with E-state index < -0.39 is 18.1 Å². The quantitative estimate of drug-likeness (QED) is 0.107. The fraction of sp³-hybridized carbons (Fsp3) is 0.750. The Bertz CT molecular complexity index is 430. The normalized spacial score (nSPS) is 11.1. The molecule has 0 heterocycles. The second-order valence-electron chi connectivity index (χ2n) is 5.81. The van der Waals surface area contributed by atoms with E-state index in [0.29, 0.717) is 6.42 Å². The molecule has 8 nitrogen and oxygen atoms in total. The number of rotatable bonds is 12. The highest BCUT2D eigenvalue weighted by molar-refractivity contribution is 5.79. The van der Waals surface area contributed by atoms with E-state index in [1.165, 1.54) is 38.5 Å². The van der Waals surface area contributed by atoms with Gasteiger partial charge in [0, 0.05) is 0 Å². The third-order valence-corrected chi connectivity index (χ3v) is 3.90. The van der Waals surface area contributed by atoms with E-state index in [-0.39, 0.29) is 0 Å². The van der Waals surface area contributed by atoms with Gasteiger partial charge in [0.2, 0.25) is 11.9 Å². The van der Waals surface area contributed by atoms with Gasteiger partial charge in [-0.2, -0.15) is 10.5 Å². The minimum absolute atomic E-state index is 0.441. The summed E-state index contributed by atoms with van der Waals surface area (Å²) >= 11 is 0. The Labute approximate surface area is 145 Å². The summed E-state index contributed by atoms with van der Waals surface area (Å²) in [7, 11) is 0. The molecule has 134 valence electrons. The Kier molecular flexibility index (Phi) is 11.7. The molecule has 0 unspecified atom stereocenters. The van der Waals surface area contributed by atoms with Crippen LogP contribution in [-0.2, 0) is 0 Å². The maximum atomic E-state index is 9.14. The number of nitrogens with two attached hydrogens (primary N) is 2. The highest BCUT2D eigenvalue weighted by Crippen LogP contribution is 2.15. The Hall–Kier alpha value is -2.48. The topological polar surface area (TPSA) is 154 Å². The maximum absolute atomic E-state index is 9.14. The van der Waals surface area contributed by atoms with Gasteiger partial charge in [0.25, 0.3) is 0 Å². The number of hydrogen-bond acceptors (Lipinski definition) is 4. The van der Waals surface area contributed by atoms with Crippen LogP contribution in [-0.4, -0.2) is 27.9 Å². The predicted octanol–water partition coefficient (Wildman–Crippen LogP) is 2.59. The molecule has 0 saturated carbocycles. The zero-order valence-corrected chi connectivity index (χ0v) is 14.6. The van der Waals surface area contributed by atoms with Crippen LogP contribution in [0, 0.1) is 33.7 Å². The van der Waals surface area contributed by atoms with E-state index in [1.54, 1.807) is 12.4 Å². The lowest BCUT2D eigenvalue weighted by Gasteiger charge is -2.31. The number of nitriles is 2. The Morgan fingerprint density at radius 2 is 1.21 bits per heavy atom. The van der Waals surface area contributed by atoms with Gasteiger partial charge < -0.3 is 11.5 Å². The SMILES string of the molecule is CCCCCCCCCCCC(N(C#N)C(=N)N)N(C#N)C(=N)N. The van der Waals surface area contributed by atoms with E-state index >= 15 is 0 Å². The molecule has 0 spiro atoms. The van der Waals surface area contributed by atoms with Crippen LogP contribution in [0.3, 0.4) is 0 Å². The van der Waals surface area contributed by atoms with Crippen molar-refractivity contribution in [3.05, 3.63) is 0 Å². The summed E-state index contributed by atoms with van der Waals surface area (Å²) in [6.45, 7) is 2.20. The summed E-state index contributed by atoms with van der Waals surface area (Å²) in [6.07, 6.45) is 13.6. The summed E-state index contributed by atoms with van der Waals surface area (Å²) in [5.74, 6) is -0.917. The molecule has 0 atom stereocenters. The third kappa shape index (κ3) is 8.23. The minimum atomic E-state index is -0.806. The molecule has 0 aliphatic rings. The molecule has 0 aromatic carbocycles. The molecule has 0 amide bonds. The van der Waals surface area contributed by atoms with Crippen molar-refractivity contribution in [1.29, 1.82) is 21.3 Å². The van der Waals surface area contributed by atoms with E-state index in [9.17, 15) is 0 Å². The van der Waals surface area contributed by atoms with E-state index in [2.05, 4.69) is 6.92 Å². The van der Waals surface area contributed by atoms with Crippen molar-refractivity contribution < 1.29 is 0 Å². The van der Waals surface area contributed by atoms with Crippen molar-refractivity contribution in [3.8, 4) is 12.4 Å². The number of unbranched alkanes of at least 4 members (excludes halogenated alkanes) is 8. The molecule has 0 radical (unpaired) electrons. The van der Waals surface area contributed by atoms with Crippen molar-refractivity contribution in [2.45, 2.75) is 77.3 Å². The average Bonchev–Trinajstić information content (AvgIpc) is 2.53. The van der Waals surface area contributed by atoms with Crippen molar-refractivity contribution >= 4 is 11.9 Å². The summed E-state index contributed by atoms with van der Waals surface area (Å²) < 4.78 is 0. The van der Waals surface area contributed by atoms with Crippen molar-refractivity contribution in [2.75, 3.05) is 0 Å². The first-order valence-corrected chi connectivity index (χ1v) is 8.55. The molecular formula is C16H30N8. The predicted molar refractivity (Wildman–Crippen MR) is 94.4 cm³/mol. The van der Waals surface area contributed by atoms with Crippen LogP contribution in [0.25, 0.3) is 0 Å². The van der Waals surface area contributed by atoms with Gasteiger partial charge >= 0.3 is 0 Å². The van der Waals surface area contributed by atoms with Crippen LogP contribution in [0.15, 0.2) is 0 Å². The smallest absolute Gasteiger partial charge is 0.203 e. The van der Waals surface area contributed by atoms with Crippen molar-refractivity contribution in [3.63, 3.8) is 0 Å². The fourth-order valence-corrected chi connectivity index (χ4v) is 2.57. The highest BCUT2D eigenvalue weighted by atomic mass is 15.4. The molecule has 8 heteroatoms. The van der Waals surface area contributed by atoms with Crippen molar-refractivity contribution in [2.24, 2.45) is 11.5 Å². The van der Waals surface area contributed by atoms with Gasteiger partial charge in [0.15, 0.2) is 12.4 Å². The lowest BCUT2D eigenvalue weighted by molar-refractivity contribution is 0.239. The largest absolute Gasteiger partial charge is 0.369 e. The highest BCUT2D eigenvalue weighted by Gasteiger charge is 2.27. The number of guanidine groups is 2. The van der Waals surface area contributed by atoms with Crippen LogP contribution in [0.2, 0.25) is 0 Å². The summed E-state index contributed by atoms with van der Waals surface area (Å²) in [5, 5.41) is 33.2. The average molecular weight is 334 g/mol. The molecule has 0 rings (SSSR count). The van der Waals surface area contributed by atoms with Gasteiger partial charge in [-0.3, -0.25) is 10.8 Å². The molecule has 0 aromatic heterocycles. The lowest BCUT2D eigenvalue weighted by atomic mass is 10.1. The van der Waals surface area contributed by atoms with Gasteiger partial charge in [0.05, 0.1) is 0 Å². The third-order valence-electron chi connectivity index (χ3n) is 3.90. The molecule has 0 saturated heterocycles. The Balaban J connectivity index is 4.34. The number of nitrogens with zero attached hydrogens (tertiary/aromatic N) is 4. The second kappa shape index (κ2) is 13.0. The molecule has 0 fully saturated rings. The summed E-state index contributed by atoms with van der Waals surface area (Å²) in [5.41, 5.74) is 10.8. The summed E-state index contributed by atoms with van der Waals surface area (Å²) in [6, 6.07) is 0. The van der Waals surface area contributed by atoms with E-state index in [0.717, 1.165) is 29.1 Å². The maximum Gasteiger partial charge on any atom is 0.203 e. The second-order valence-corrected chi connectivity index (χ2v) is 5.81. The van der Waals surface area contributed by atoms with Gasteiger partial charge in [-0.15, -0.1) is 0 Å². The first kappa shape index (κ1) is 21.5. The van der Waals surface area contributed by atoms with Crippen LogP contribution >= 0.6 is 0 Å². The van der Waals surface area contributed by atoms with Gasteiger partial charge in [-0.05, 0) is 12.8 Å². The van der Waals surface area contributed by atoms with Gasteiger partial charge in [-0.25, -0.2) is 9.80 Å². The monoisotopic (exact) mass is 334 g/mol. The van der Waals surface area contributed by atoms with Crippen LogP contribution in [0.1, 0.15) is 71.1 Å². The van der Waals surface area contributed by atoms with Crippen LogP contribution in [0.4, 0.5) is 0 Å². The minimum Gasteiger partial charge on any atom is -0.369 e. The van der Waals surface area contributed by atoms with Crippen molar-refractivity contribution in [1.82, 2.24) is 9.80 Å². The number of nitrogens with one attached hydrogen (secondary N) is 2. The fourth-order valence-electron chi connectivity index (χ4n) is 2.57. The molecule has 24 heavy (non-hydrogen) atoms. The number of hydrogen-bond donors (Lipinski definition) is 4. The van der Waals surface area contributed by atoms with E-state index in [1.807, 2.05) is 0 Å². The molecule has 0 aliphatic heterocycles. The Morgan fingerprint density at radius 3 is 1.54 bits per heavy atom. The standard InChI is InChI=1S/C16H30N8/c1-2-3-4-5-6-7-8-9-10-11-14(23(12-17)15(19)20)24(13-18)16(21)22/h14H,2-11H2,1H3,(H3,19,20)(H3,21,22). The summed E-state index contributed by atoms with van der Waals surface area (Å²) in [4.78, 5) is 1.82. The zero-order chi connectivity index (χ0) is 18.4. The molecule has 6 N–H and O–H groups in total. The molecule has 0 aliphatic carbocycles. The lowest BCUT2D eigenvalue weighted by Crippen LogP contribution is -2.52. The zero-order valence-electron chi connectivity index (χ0n) is 14.6. The van der Waals surface area contributed by atoms with Crippen LogP contribution in [0.5, 0.6) is 0 Å². The first-order valence-electron chi connectivity index (χ1n) is 8.55. The Morgan fingerprint density at radius 1 is 0.833 bits per heavy atom.